The molecule has 5 nitrogen and oxygen atoms in total. The van der Waals surface area contributed by atoms with Gasteiger partial charge < -0.3 is 4.98 Å². The maximum absolute atomic E-state index is 13.7. The number of thioether (sulfide) groups is 1. The number of imide groups is 1. The maximum Gasteiger partial charge on any atom is 0.305 e. The van der Waals surface area contributed by atoms with Gasteiger partial charge in [-0.3, -0.25) is 19.3 Å². The Balaban J connectivity index is 1.33. The molecule has 0 unspecified atom stereocenters. The second-order valence-corrected chi connectivity index (χ2v) is 12.0. The number of thiazole rings is 1. The van der Waals surface area contributed by atoms with Crippen molar-refractivity contribution in [3.63, 3.8) is 0 Å². The number of nitrogens with zero attached hydrogens (tertiary/aromatic N) is 1. The maximum atomic E-state index is 13.7. The first-order valence-electron chi connectivity index (χ1n) is 11.1. The summed E-state index contributed by atoms with van der Waals surface area (Å²) < 4.78 is 0. The topological polar surface area (TPSA) is 70.2 Å². The molecule has 2 aromatic carbocycles. The van der Waals surface area contributed by atoms with E-state index in [1.165, 1.54) is 21.8 Å². The molecule has 1 saturated heterocycles. The molecule has 2 bridgehead atoms. The molecule has 2 saturated carbocycles. The summed E-state index contributed by atoms with van der Waals surface area (Å²) in [7, 11) is 0. The van der Waals surface area contributed by atoms with Crippen molar-refractivity contribution in [1.29, 1.82) is 0 Å². The lowest BCUT2D eigenvalue weighted by molar-refractivity contribution is -0.123. The summed E-state index contributed by atoms with van der Waals surface area (Å²) in [6.45, 7) is 0. The van der Waals surface area contributed by atoms with Gasteiger partial charge in [-0.15, -0.1) is 11.8 Å². The first kappa shape index (κ1) is 20.1. The van der Waals surface area contributed by atoms with E-state index in [4.69, 9.17) is 11.6 Å². The van der Waals surface area contributed by atoms with Crippen LogP contribution >= 0.6 is 34.7 Å². The van der Waals surface area contributed by atoms with Crippen molar-refractivity contribution in [2.45, 2.75) is 22.6 Å². The van der Waals surface area contributed by atoms with Crippen LogP contribution in [0.2, 0.25) is 5.02 Å². The summed E-state index contributed by atoms with van der Waals surface area (Å²) in [4.78, 5) is 45.0. The fourth-order valence-electron chi connectivity index (χ4n) is 6.90. The molecule has 166 valence electrons. The summed E-state index contributed by atoms with van der Waals surface area (Å²) in [6.07, 6.45) is 0.895. The zero-order chi connectivity index (χ0) is 22.4. The highest BCUT2D eigenvalue weighted by Crippen LogP contribution is 2.68. The van der Waals surface area contributed by atoms with Crippen LogP contribution in [-0.4, -0.2) is 22.0 Å². The summed E-state index contributed by atoms with van der Waals surface area (Å²) in [5.74, 6) is -0.181. The normalized spacial score (nSPS) is 33.8. The van der Waals surface area contributed by atoms with Crippen LogP contribution in [0.25, 0.3) is 0 Å². The Morgan fingerprint density at radius 1 is 0.909 bits per heavy atom. The number of hydrogen-bond acceptors (Lipinski definition) is 5. The van der Waals surface area contributed by atoms with Crippen molar-refractivity contribution < 1.29 is 9.59 Å². The fourth-order valence-corrected chi connectivity index (χ4v) is 9.91. The fraction of sp³-hybridized carbons (Fsp3) is 0.320. The van der Waals surface area contributed by atoms with Gasteiger partial charge in [0.25, 0.3) is 0 Å². The minimum absolute atomic E-state index is 0.0398. The van der Waals surface area contributed by atoms with E-state index in [0.29, 0.717) is 10.7 Å². The van der Waals surface area contributed by atoms with Crippen LogP contribution in [0.3, 0.4) is 0 Å². The Kier molecular flexibility index (Phi) is 4.30. The minimum Gasteiger partial charge on any atom is -0.307 e. The molecule has 2 aliphatic heterocycles. The third-order valence-corrected chi connectivity index (χ3v) is 10.8. The predicted octanol–water partition coefficient (Wildman–Crippen LogP) is 4.77. The number of anilines is 1. The van der Waals surface area contributed by atoms with Crippen molar-refractivity contribution in [3.8, 4) is 0 Å². The quantitative estimate of drug-likeness (QED) is 0.521. The average Bonchev–Trinajstić information content (AvgIpc) is 3.54. The van der Waals surface area contributed by atoms with Gasteiger partial charge in [-0.2, -0.15) is 0 Å². The molecular weight excluding hydrogens is 476 g/mol. The van der Waals surface area contributed by atoms with Gasteiger partial charge in [0.2, 0.25) is 11.8 Å². The minimum atomic E-state index is -0.288. The van der Waals surface area contributed by atoms with Gasteiger partial charge in [-0.1, -0.05) is 53.3 Å². The molecule has 8 heteroatoms. The molecule has 0 spiro atoms. The third-order valence-electron chi connectivity index (χ3n) is 7.97. The number of nitrogens with one attached hydrogen (secondary N) is 1. The Hall–Kier alpha value is -2.35. The Labute approximate surface area is 203 Å². The number of fused-ring (bicyclic) bond motifs is 9. The number of carbonyl (C=O) groups is 2. The number of rotatable bonds is 2. The first-order chi connectivity index (χ1) is 16.0. The molecule has 2 aliphatic carbocycles. The number of amides is 2. The number of carbonyl (C=O) groups excluding carboxylic acids is 2. The predicted molar refractivity (Wildman–Crippen MR) is 129 cm³/mol. The number of aromatic nitrogens is 1. The Bertz CT molecular complexity index is 1350. The van der Waals surface area contributed by atoms with Crippen LogP contribution in [-0.2, 0) is 9.59 Å². The molecular formula is C25H19ClN2O3S2. The highest BCUT2D eigenvalue weighted by molar-refractivity contribution is 8.00. The summed E-state index contributed by atoms with van der Waals surface area (Å²) in [6, 6.07) is 17.2. The molecule has 2 amide bonds. The van der Waals surface area contributed by atoms with E-state index in [9.17, 15) is 14.4 Å². The van der Waals surface area contributed by atoms with Gasteiger partial charge in [0, 0.05) is 21.1 Å². The number of benzene rings is 2. The van der Waals surface area contributed by atoms with Gasteiger partial charge in [0.1, 0.15) is 0 Å². The van der Waals surface area contributed by atoms with Crippen LogP contribution in [0.1, 0.15) is 22.8 Å². The van der Waals surface area contributed by atoms with Crippen molar-refractivity contribution >= 4 is 52.2 Å². The second-order valence-electron chi connectivity index (χ2n) is 9.36. The number of H-pyrrole nitrogens is 1. The molecule has 7 rings (SSSR count). The van der Waals surface area contributed by atoms with Crippen LogP contribution in [0.4, 0.5) is 5.69 Å². The molecule has 3 fully saturated rings. The lowest BCUT2D eigenvalue weighted by Gasteiger charge is -2.43. The molecule has 4 aliphatic rings. The molecule has 33 heavy (non-hydrogen) atoms. The van der Waals surface area contributed by atoms with Crippen LogP contribution in [0, 0.1) is 29.6 Å². The third kappa shape index (κ3) is 2.70. The van der Waals surface area contributed by atoms with Gasteiger partial charge in [0.05, 0.1) is 22.5 Å². The number of aromatic amines is 1. The van der Waals surface area contributed by atoms with E-state index in [1.54, 1.807) is 36.0 Å². The van der Waals surface area contributed by atoms with Gasteiger partial charge in [-0.25, -0.2) is 0 Å². The molecule has 3 heterocycles. The lowest BCUT2D eigenvalue weighted by Crippen LogP contribution is -2.42. The highest BCUT2D eigenvalue weighted by Gasteiger charge is 2.69. The van der Waals surface area contributed by atoms with E-state index >= 15 is 0 Å². The van der Waals surface area contributed by atoms with E-state index < -0.39 is 0 Å². The lowest BCUT2D eigenvalue weighted by atomic mass is 9.68. The van der Waals surface area contributed by atoms with Crippen molar-refractivity contribution in [2.75, 3.05) is 4.90 Å². The van der Waals surface area contributed by atoms with E-state index in [2.05, 4.69) is 17.1 Å². The molecule has 0 radical (unpaired) electrons. The molecule has 1 N–H and O–H groups in total. The smallest absolute Gasteiger partial charge is 0.305 e. The largest absolute Gasteiger partial charge is 0.307 e. The van der Waals surface area contributed by atoms with Crippen LogP contribution in [0.5, 0.6) is 0 Å². The molecule has 7 atom stereocenters. The Morgan fingerprint density at radius 3 is 2.33 bits per heavy atom. The standard InChI is InChI=1S/C25H19ClN2O3S2/c26-12-6-8-13(9-7-12)28-23(29)18-14-10-15(19(18)24(28)30)20-17(14)16(11-4-2-1-3-5-11)21-22(32-20)27-25(31)33-21/h1-9,14-20H,10H2,(H,27,31)/t14-,15+,16-,17+,18+,19+,20+/m0/s1. The van der Waals surface area contributed by atoms with Gasteiger partial charge >= 0.3 is 4.87 Å². The summed E-state index contributed by atoms with van der Waals surface area (Å²) >= 11 is 9.03. The van der Waals surface area contributed by atoms with Crippen molar-refractivity contribution in [1.82, 2.24) is 4.98 Å². The van der Waals surface area contributed by atoms with Gasteiger partial charge in [0.15, 0.2) is 0 Å². The van der Waals surface area contributed by atoms with E-state index in [0.717, 1.165) is 16.3 Å². The zero-order valence-corrected chi connectivity index (χ0v) is 19.7. The van der Waals surface area contributed by atoms with Gasteiger partial charge in [-0.05, 0) is 54.0 Å². The SMILES string of the molecule is O=C1[C@@H]2[C@H]3C[C@@H]([C@H]4Sc5[nH]c(=O)sc5[C@@H](c5ccccc5)[C@@H]34)[C@H]2C(=O)N1c1ccc(Cl)cc1. The van der Waals surface area contributed by atoms with Crippen molar-refractivity contribution in [2.24, 2.45) is 29.6 Å². The highest BCUT2D eigenvalue weighted by atomic mass is 35.5. The second kappa shape index (κ2) is 7.08. The zero-order valence-electron chi connectivity index (χ0n) is 17.3. The molecule has 3 aromatic rings. The first-order valence-corrected chi connectivity index (χ1v) is 13.2. The number of halogens is 1. The monoisotopic (exact) mass is 494 g/mol. The summed E-state index contributed by atoms with van der Waals surface area (Å²) in [5.41, 5.74) is 1.78. The Morgan fingerprint density at radius 2 is 1.61 bits per heavy atom. The van der Waals surface area contributed by atoms with Crippen molar-refractivity contribution in [3.05, 3.63) is 79.7 Å². The molecule has 1 aromatic heterocycles. The number of hydrogen-bond donors (Lipinski definition) is 1. The van der Waals surface area contributed by atoms with Crippen LogP contribution in [0.15, 0.2) is 64.4 Å². The van der Waals surface area contributed by atoms with E-state index in [1.807, 2.05) is 18.2 Å². The van der Waals surface area contributed by atoms with Crippen LogP contribution < -0.4 is 9.77 Å². The van der Waals surface area contributed by atoms with E-state index in [-0.39, 0.29) is 57.4 Å². The summed E-state index contributed by atoms with van der Waals surface area (Å²) in [5, 5.41) is 1.73. The average molecular weight is 495 g/mol.